The Morgan fingerprint density at radius 1 is 1.15 bits per heavy atom. The van der Waals surface area contributed by atoms with E-state index in [1.807, 2.05) is 6.07 Å². The third-order valence-electron chi connectivity index (χ3n) is 4.28. The Bertz CT molecular complexity index is 1310. The SMILES string of the molecule is NC(=O)c1ccsc1NC(=O)COC(=O)/C(=C\c1ccco1)n1nnnc1-c1ccccc1. The number of ether oxygens (including phenoxy) is 1. The summed E-state index contributed by atoms with van der Waals surface area (Å²) in [7, 11) is 0. The Morgan fingerprint density at radius 3 is 2.70 bits per heavy atom. The van der Waals surface area contributed by atoms with E-state index in [1.54, 1.807) is 41.8 Å². The summed E-state index contributed by atoms with van der Waals surface area (Å²) in [5, 5.41) is 15.9. The van der Waals surface area contributed by atoms with E-state index in [2.05, 4.69) is 20.8 Å². The average Bonchev–Trinajstić information content (AvgIpc) is 3.58. The standard InChI is InChI=1S/C21H16N6O5S/c22-18(29)15-8-10-33-20(15)23-17(28)12-32-21(30)16(11-14-7-4-9-31-14)27-19(24-25-26-27)13-5-2-1-3-6-13/h1-11H,12H2,(H2,22,29)(H,23,28)/b16-11+. The number of benzene rings is 1. The molecule has 0 radical (unpaired) electrons. The molecule has 0 aliphatic rings. The normalized spacial score (nSPS) is 11.2. The van der Waals surface area contributed by atoms with Crippen molar-refractivity contribution in [2.75, 3.05) is 11.9 Å². The molecule has 0 saturated heterocycles. The van der Waals surface area contributed by atoms with Gasteiger partial charge in [0, 0.05) is 11.6 Å². The summed E-state index contributed by atoms with van der Waals surface area (Å²) in [6, 6.07) is 13.8. The second-order valence-electron chi connectivity index (χ2n) is 6.48. The van der Waals surface area contributed by atoms with Gasteiger partial charge in [0.05, 0.1) is 11.8 Å². The molecule has 11 nitrogen and oxygen atoms in total. The lowest BCUT2D eigenvalue weighted by atomic mass is 10.2. The van der Waals surface area contributed by atoms with Crippen molar-refractivity contribution >= 4 is 45.9 Å². The quantitative estimate of drug-likeness (QED) is 0.297. The number of rotatable bonds is 8. The lowest BCUT2D eigenvalue weighted by Crippen LogP contribution is -2.24. The van der Waals surface area contributed by atoms with Gasteiger partial charge in [-0.25, -0.2) is 4.79 Å². The van der Waals surface area contributed by atoms with Gasteiger partial charge in [-0.1, -0.05) is 30.3 Å². The van der Waals surface area contributed by atoms with Crippen LogP contribution in [0.2, 0.25) is 0 Å². The van der Waals surface area contributed by atoms with Gasteiger partial charge in [-0.3, -0.25) is 9.59 Å². The molecule has 0 aliphatic carbocycles. The molecule has 0 fully saturated rings. The molecule has 4 aromatic rings. The van der Waals surface area contributed by atoms with E-state index in [4.69, 9.17) is 14.9 Å². The first-order valence-electron chi connectivity index (χ1n) is 9.46. The van der Waals surface area contributed by atoms with Crippen LogP contribution in [0.4, 0.5) is 5.00 Å². The summed E-state index contributed by atoms with van der Waals surface area (Å²) in [4.78, 5) is 36.6. The smallest absolute Gasteiger partial charge is 0.357 e. The largest absolute Gasteiger partial charge is 0.465 e. The molecule has 0 unspecified atom stereocenters. The fourth-order valence-corrected chi connectivity index (χ4v) is 3.61. The van der Waals surface area contributed by atoms with Crippen LogP contribution in [-0.2, 0) is 14.3 Å². The maximum Gasteiger partial charge on any atom is 0.357 e. The summed E-state index contributed by atoms with van der Waals surface area (Å²) in [5.41, 5.74) is 6.03. The molecule has 2 amide bonds. The zero-order valence-corrected chi connectivity index (χ0v) is 17.7. The van der Waals surface area contributed by atoms with Crippen LogP contribution in [0.25, 0.3) is 23.2 Å². The predicted molar refractivity (Wildman–Crippen MR) is 119 cm³/mol. The van der Waals surface area contributed by atoms with Gasteiger partial charge in [0.1, 0.15) is 10.8 Å². The zero-order chi connectivity index (χ0) is 23.2. The molecule has 0 atom stereocenters. The second kappa shape index (κ2) is 9.70. The molecule has 3 aromatic heterocycles. The molecule has 12 heteroatoms. The van der Waals surface area contributed by atoms with Crippen molar-refractivity contribution in [2.24, 2.45) is 5.73 Å². The van der Waals surface area contributed by atoms with E-state index >= 15 is 0 Å². The second-order valence-corrected chi connectivity index (χ2v) is 7.39. The van der Waals surface area contributed by atoms with Gasteiger partial charge in [-0.05, 0) is 34.0 Å². The zero-order valence-electron chi connectivity index (χ0n) is 16.9. The number of hydrogen-bond acceptors (Lipinski definition) is 9. The van der Waals surface area contributed by atoms with Crippen molar-refractivity contribution in [3.05, 3.63) is 71.5 Å². The molecule has 3 N–H and O–H groups in total. The van der Waals surface area contributed by atoms with Crippen LogP contribution < -0.4 is 11.1 Å². The number of nitrogens with one attached hydrogen (secondary N) is 1. The number of esters is 1. The highest BCUT2D eigenvalue weighted by Crippen LogP contribution is 2.23. The van der Waals surface area contributed by atoms with Crippen LogP contribution >= 0.6 is 11.3 Å². The number of tetrazole rings is 1. The topological polar surface area (TPSA) is 155 Å². The van der Waals surface area contributed by atoms with Gasteiger partial charge < -0.3 is 20.2 Å². The fraction of sp³-hybridized carbons (Fsp3) is 0.0476. The molecule has 33 heavy (non-hydrogen) atoms. The van der Waals surface area contributed by atoms with E-state index in [0.29, 0.717) is 17.1 Å². The molecule has 0 bridgehead atoms. The molecule has 0 saturated carbocycles. The maximum atomic E-state index is 12.9. The number of hydrogen-bond donors (Lipinski definition) is 2. The Balaban J connectivity index is 1.55. The molecule has 0 spiro atoms. The number of aromatic nitrogens is 4. The minimum absolute atomic E-state index is 0.0736. The number of thiophene rings is 1. The van der Waals surface area contributed by atoms with Crippen LogP contribution in [0, 0.1) is 0 Å². The summed E-state index contributed by atoms with van der Waals surface area (Å²) in [6.45, 7) is -0.618. The van der Waals surface area contributed by atoms with Crippen molar-refractivity contribution < 1.29 is 23.5 Å². The molecule has 0 aliphatic heterocycles. The van der Waals surface area contributed by atoms with Gasteiger partial charge in [0.15, 0.2) is 18.1 Å². The summed E-state index contributed by atoms with van der Waals surface area (Å²) in [5.74, 6) is -1.55. The van der Waals surface area contributed by atoms with Crippen LogP contribution in [0.1, 0.15) is 16.1 Å². The predicted octanol–water partition coefficient (Wildman–Crippen LogP) is 2.27. The first-order valence-corrected chi connectivity index (χ1v) is 10.3. The average molecular weight is 464 g/mol. The fourth-order valence-electron chi connectivity index (χ4n) is 2.80. The summed E-state index contributed by atoms with van der Waals surface area (Å²) >= 11 is 1.12. The number of furan rings is 1. The third kappa shape index (κ3) is 5.02. The number of amides is 2. The Morgan fingerprint density at radius 2 is 1.97 bits per heavy atom. The highest BCUT2D eigenvalue weighted by Gasteiger charge is 2.22. The monoisotopic (exact) mass is 464 g/mol. The molecular formula is C21H16N6O5S. The van der Waals surface area contributed by atoms with E-state index in [-0.39, 0.29) is 16.3 Å². The number of nitrogens with two attached hydrogens (primary N) is 1. The van der Waals surface area contributed by atoms with Crippen molar-refractivity contribution in [1.82, 2.24) is 20.2 Å². The maximum absolute atomic E-state index is 12.9. The van der Waals surface area contributed by atoms with Crippen LogP contribution in [0.3, 0.4) is 0 Å². The lowest BCUT2D eigenvalue weighted by Gasteiger charge is -2.10. The Hall–Kier alpha value is -4.58. The first-order chi connectivity index (χ1) is 16.0. The number of nitrogens with zero attached hydrogens (tertiary/aromatic N) is 4. The molecule has 166 valence electrons. The number of anilines is 1. The van der Waals surface area contributed by atoms with Gasteiger partial charge in [0.25, 0.3) is 11.8 Å². The summed E-state index contributed by atoms with van der Waals surface area (Å²) < 4.78 is 11.7. The van der Waals surface area contributed by atoms with E-state index in [1.165, 1.54) is 23.1 Å². The van der Waals surface area contributed by atoms with Gasteiger partial charge in [-0.2, -0.15) is 4.68 Å². The third-order valence-corrected chi connectivity index (χ3v) is 5.11. The highest BCUT2D eigenvalue weighted by molar-refractivity contribution is 7.14. The van der Waals surface area contributed by atoms with Gasteiger partial charge in [-0.15, -0.1) is 16.4 Å². The van der Waals surface area contributed by atoms with Crippen molar-refractivity contribution in [2.45, 2.75) is 0 Å². The van der Waals surface area contributed by atoms with E-state index in [0.717, 1.165) is 11.3 Å². The molecule has 1 aromatic carbocycles. The number of primary amides is 1. The van der Waals surface area contributed by atoms with Crippen molar-refractivity contribution in [1.29, 1.82) is 0 Å². The van der Waals surface area contributed by atoms with E-state index in [9.17, 15) is 14.4 Å². The summed E-state index contributed by atoms with van der Waals surface area (Å²) in [6.07, 6.45) is 2.84. The van der Waals surface area contributed by atoms with Crippen molar-refractivity contribution in [3.63, 3.8) is 0 Å². The van der Waals surface area contributed by atoms with Gasteiger partial charge in [0.2, 0.25) is 0 Å². The minimum Gasteiger partial charge on any atom is -0.465 e. The van der Waals surface area contributed by atoms with E-state index < -0.39 is 24.4 Å². The van der Waals surface area contributed by atoms with Crippen LogP contribution in [-0.4, -0.2) is 44.6 Å². The molecule has 4 rings (SSSR count). The highest BCUT2D eigenvalue weighted by atomic mass is 32.1. The first kappa shape index (κ1) is 21.6. The van der Waals surface area contributed by atoms with Gasteiger partial charge >= 0.3 is 5.97 Å². The van der Waals surface area contributed by atoms with Crippen LogP contribution in [0.5, 0.6) is 0 Å². The molecular weight excluding hydrogens is 448 g/mol. The molecule has 3 heterocycles. The van der Waals surface area contributed by atoms with Crippen LogP contribution in [0.15, 0.2) is 64.6 Å². The Kier molecular flexibility index (Phi) is 6.36. The lowest BCUT2D eigenvalue weighted by molar-refractivity contribution is -0.141. The number of carbonyl (C=O) groups excluding carboxylic acids is 3. The minimum atomic E-state index is -0.868. The Labute approximate surface area is 190 Å². The number of carbonyl (C=O) groups is 3. The van der Waals surface area contributed by atoms with Crippen molar-refractivity contribution in [3.8, 4) is 11.4 Å².